The first-order valence-electron chi connectivity index (χ1n) is 5.09. The van der Waals surface area contributed by atoms with Crippen molar-refractivity contribution in [2.75, 3.05) is 34.2 Å². The fraction of sp³-hybridized carbons (Fsp3) is 0.500. The van der Waals surface area contributed by atoms with Gasteiger partial charge >= 0.3 is 27.7 Å². The van der Waals surface area contributed by atoms with E-state index in [9.17, 15) is 0 Å². The van der Waals surface area contributed by atoms with Crippen molar-refractivity contribution >= 4 is 9.53 Å². The maximum absolute atomic E-state index is 4.49. The molecule has 0 heterocycles. The standard InChI is InChI=1S/C12H19N2.ClH.Pd/c1-13(2)9-10-14(3)11-12-7-5-4-6-8-12;;/h4-7H,9-11H2,1-3H3;1H;/q-1;;+2/p-1. The van der Waals surface area contributed by atoms with E-state index < -0.39 is 0 Å². The van der Waals surface area contributed by atoms with E-state index in [2.05, 4.69) is 76.9 Å². The Bertz CT molecular complexity index is 254. The zero-order chi connectivity index (χ0) is 12.4. The molecule has 0 atom stereocenters. The summed E-state index contributed by atoms with van der Waals surface area (Å²) < 4.78 is 0. The van der Waals surface area contributed by atoms with Crippen LogP contribution in [-0.2, 0) is 24.7 Å². The van der Waals surface area contributed by atoms with Gasteiger partial charge in [0.05, 0.1) is 0 Å². The summed E-state index contributed by atoms with van der Waals surface area (Å²) in [5, 5.41) is 0. The zero-order valence-electron chi connectivity index (χ0n) is 10.0. The quantitative estimate of drug-likeness (QED) is 0.602. The van der Waals surface area contributed by atoms with Gasteiger partial charge < -0.3 is 9.80 Å². The molecular weight excluding hydrogens is 314 g/mol. The van der Waals surface area contributed by atoms with Crippen LogP contribution in [0.5, 0.6) is 0 Å². The molecular formula is C12H19ClN2Pd. The number of halogens is 1. The molecule has 0 bridgehead atoms. The van der Waals surface area contributed by atoms with Crippen LogP contribution in [0.25, 0.3) is 0 Å². The third kappa shape index (κ3) is 8.27. The maximum atomic E-state index is 4.49. The second kappa shape index (κ2) is 10.3. The summed E-state index contributed by atoms with van der Waals surface area (Å²) >= 11 is 2.22. The van der Waals surface area contributed by atoms with Crippen LogP contribution in [-0.4, -0.2) is 44.0 Å². The summed E-state index contributed by atoms with van der Waals surface area (Å²) in [6.07, 6.45) is 0. The Balaban J connectivity index is 0.00000106. The van der Waals surface area contributed by atoms with E-state index >= 15 is 0 Å². The van der Waals surface area contributed by atoms with E-state index in [0.717, 1.165) is 19.6 Å². The van der Waals surface area contributed by atoms with E-state index in [1.807, 2.05) is 12.1 Å². The van der Waals surface area contributed by atoms with Crippen molar-refractivity contribution in [1.29, 1.82) is 0 Å². The molecule has 0 saturated carbocycles. The second-order valence-corrected chi connectivity index (χ2v) is 3.93. The zero-order valence-corrected chi connectivity index (χ0v) is 12.3. The Morgan fingerprint density at radius 2 is 1.88 bits per heavy atom. The Morgan fingerprint density at radius 1 is 1.19 bits per heavy atom. The molecule has 0 saturated heterocycles. The van der Waals surface area contributed by atoms with Crippen LogP contribution < -0.4 is 0 Å². The first-order chi connectivity index (χ1) is 7.68. The Hall–Kier alpha value is 0.0923. The first kappa shape index (κ1) is 16.1. The number of likely N-dealkylation sites (N-methyl/N-ethyl adjacent to an activating group) is 2. The van der Waals surface area contributed by atoms with E-state index in [0.29, 0.717) is 0 Å². The van der Waals surface area contributed by atoms with E-state index in [-0.39, 0.29) is 0 Å². The van der Waals surface area contributed by atoms with Crippen molar-refractivity contribution in [3.63, 3.8) is 0 Å². The van der Waals surface area contributed by atoms with Crippen LogP contribution in [0.4, 0.5) is 0 Å². The Morgan fingerprint density at radius 3 is 2.38 bits per heavy atom. The van der Waals surface area contributed by atoms with Crippen LogP contribution in [0.15, 0.2) is 24.3 Å². The fourth-order valence-corrected chi connectivity index (χ4v) is 1.27. The van der Waals surface area contributed by atoms with Crippen LogP contribution in [0.2, 0.25) is 0 Å². The van der Waals surface area contributed by atoms with E-state index in [1.165, 1.54) is 5.56 Å². The van der Waals surface area contributed by atoms with Gasteiger partial charge in [-0.15, -0.1) is 5.56 Å². The summed E-state index contributed by atoms with van der Waals surface area (Å²) in [6, 6.07) is 11.4. The molecule has 4 heteroatoms. The van der Waals surface area contributed by atoms with Crippen LogP contribution in [0.3, 0.4) is 0 Å². The topological polar surface area (TPSA) is 6.48 Å². The van der Waals surface area contributed by atoms with Gasteiger partial charge in [0.1, 0.15) is 0 Å². The number of benzene rings is 1. The SMILES string of the molecule is CN(C)CCN(C)Cc1[c-]cccc1.[Cl][Pd+]. The van der Waals surface area contributed by atoms with Crippen LogP contribution in [0.1, 0.15) is 5.56 Å². The van der Waals surface area contributed by atoms with Gasteiger partial charge in [0.25, 0.3) is 0 Å². The molecule has 0 N–H and O–H groups in total. The molecule has 0 amide bonds. The molecule has 1 aromatic carbocycles. The second-order valence-electron chi connectivity index (χ2n) is 3.93. The summed E-state index contributed by atoms with van der Waals surface area (Å²) in [7, 11) is 10.8. The van der Waals surface area contributed by atoms with Gasteiger partial charge in [-0.05, 0) is 21.1 Å². The molecule has 0 aromatic heterocycles. The van der Waals surface area contributed by atoms with Gasteiger partial charge in [0.15, 0.2) is 0 Å². The van der Waals surface area contributed by atoms with Crippen molar-refractivity contribution in [3.8, 4) is 0 Å². The van der Waals surface area contributed by atoms with Gasteiger partial charge in [-0.2, -0.15) is 30.3 Å². The van der Waals surface area contributed by atoms with Gasteiger partial charge in [0, 0.05) is 19.6 Å². The molecule has 0 aliphatic heterocycles. The molecule has 0 aliphatic carbocycles. The number of hydrogen-bond acceptors (Lipinski definition) is 2. The molecule has 0 unspecified atom stereocenters. The normalized spacial score (nSPS) is 10.2. The van der Waals surface area contributed by atoms with Crippen molar-refractivity contribution in [2.24, 2.45) is 0 Å². The predicted molar refractivity (Wildman–Crippen MR) is 66.0 cm³/mol. The van der Waals surface area contributed by atoms with Gasteiger partial charge in [-0.25, -0.2) is 0 Å². The summed E-state index contributed by atoms with van der Waals surface area (Å²) in [4.78, 5) is 4.51. The van der Waals surface area contributed by atoms with Crippen molar-refractivity contribution in [1.82, 2.24) is 9.80 Å². The molecule has 2 nitrogen and oxygen atoms in total. The summed E-state index contributed by atoms with van der Waals surface area (Å²) in [5.74, 6) is 0. The monoisotopic (exact) mass is 332 g/mol. The van der Waals surface area contributed by atoms with Crippen molar-refractivity contribution in [2.45, 2.75) is 6.54 Å². The molecule has 0 aliphatic rings. The Kier molecular flexibility index (Phi) is 10.3. The van der Waals surface area contributed by atoms with Gasteiger partial charge in [-0.3, -0.25) is 0 Å². The molecule has 1 rings (SSSR count). The number of rotatable bonds is 5. The van der Waals surface area contributed by atoms with E-state index in [1.54, 1.807) is 0 Å². The molecule has 0 radical (unpaired) electrons. The molecule has 1 aromatic rings. The average Bonchev–Trinajstić information content (AvgIpc) is 2.30. The average molecular weight is 333 g/mol. The predicted octanol–water partition coefficient (Wildman–Crippen LogP) is 2.17. The van der Waals surface area contributed by atoms with Crippen molar-refractivity contribution < 1.29 is 18.2 Å². The third-order valence-electron chi connectivity index (χ3n) is 2.14. The minimum atomic E-state index is 0.981. The van der Waals surface area contributed by atoms with Gasteiger partial charge in [0.2, 0.25) is 0 Å². The minimum absolute atomic E-state index is 0.981. The molecule has 94 valence electrons. The van der Waals surface area contributed by atoms with Crippen LogP contribution >= 0.6 is 9.53 Å². The fourth-order valence-electron chi connectivity index (χ4n) is 1.27. The molecule has 16 heavy (non-hydrogen) atoms. The molecule has 0 fully saturated rings. The summed E-state index contributed by atoms with van der Waals surface area (Å²) in [5.41, 5.74) is 1.26. The van der Waals surface area contributed by atoms with Gasteiger partial charge in [-0.1, -0.05) is 0 Å². The molecule has 0 spiro atoms. The third-order valence-corrected chi connectivity index (χ3v) is 2.14. The first-order valence-corrected chi connectivity index (χ1v) is 7.09. The van der Waals surface area contributed by atoms with Crippen molar-refractivity contribution in [3.05, 3.63) is 35.9 Å². The van der Waals surface area contributed by atoms with Crippen LogP contribution in [0, 0.1) is 6.07 Å². The Labute approximate surface area is 114 Å². The number of hydrogen-bond donors (Lipinski definition) is 0. The summed E-state index contributed by atoms with van der Waals surface area (Å²) in [6.45, 7) is 3.17. The van der Waals surface area contributed by atoms with E-state index in [4.69, 9.17) is 0 Å². The number of nitrogens with zero attached hydrogens (tertiary/aromatic N) is 2.